The molecule has 0 heterocycles. The lowest BCUT2D eigenvalue weighted by atomic mass is 10.1. The topological polar surface area (TPSA) is 55.4 Å². The molecule has 0 fully saturated rings. The summed E-state index contributed by atoms with van der Waals surface area (Å²) in [5.74, 6) is -0.529. The molecule has 0 aliphatic heterocycles. The maximum absolute atomic E-state index is 11.3. The van der Waals surface area contributed by atoms with Crippen LogP contribution in [0.2, 0.25) is 0 Å². The Bertz CT molecular complexity index is 364. The molecule has 1 amide bonds. The first-order valence-electron chi connectivity index (χ1n) is 4.56. The van der Waals surface area contributed by atoms with Crippen LogP contribution in [0.4, 0.5) is 0 Å². The van der Waals surface area contributed by atoms with Crippen LogP contribution in [0.15, 0.2) is 35.6 Å². The molecule has 0 unspecified atom stereocenters. The highest BCUT2D eigenvalue weighted by molar-refractivity contribution is 5.89. The van der Waals surface area contributed by atoms with Gasteiger partial charge in [-0.2, -0.15) is 0 Å². The molecule has 0 spiro atoms. The third kappa shape index (κ3) is 3.42. The Labute approximate surface area is 88.3 Å². The van der Waals surface area contributed by atoms with Crippen molar-refractivity contribution in [3.63, 3.8) is 0 Å². The highest BCUT2D eigenvalue weighted by Gasteiger charge is 2.12. The summed E-state index contributed by atoms with van der Waals surface area (Å²) in [6.07, 6.45) is 7.31. The summed E-state index contributed by atoms with van der Waals surface area (Å²) < 4.78 is 4.62. The van der Waals surface area contributed by atoms with Crippen molar-refractivity contribution in [2.24, 2.45) is 0 Å². The number of hydrogen-bond acceptors (Lipinski definition) is 3. The van der Waals surface area contributed by atoms with E-state index >= 15 is 0 Å². The molecule has 0 aromatic heterocycles. The van der Waals surface area contributed by atoms with Gasteiger partial charge in [0.1, 0.15) is 0 Å². The molecule has 4 heteroatoms. The molecule has 0 aromatic carbocycles. The number of hydrogen-bond donors (Lipinski definition) is 1. The van der Waals surface area contributed by atoms with Gasteiger partial charge < -0.3 is 10.1 Å². The Morgan fingerprint density at radius 3 is 2.60 bits per heavy atom. The largest absolute Gasteiger partial charge is 0.466 e. The van der Waals surface area contributed by atoms with E-state index in [4.69, 9.17) is 0 Å². The number of amides is 1. The van der Waals surface area contributed by atoms with Crippen LogP contribution in [0, 0.1) is 0 Å². The summed E-state index contributed by atoms with van der Waals surface area (Å²) in [5.41, 5.74) is 1.21. The van der Waals surface area contributed by atoms with Gasteiger partial charge in [0.05, 0.1) is 7.11 Å². The van der Waals surface area contributed by atoms with Crippen molar-refractivity contribution < 1.29 is 14.3 Å². The average Bonchev–Trinajstić information content (AvgIpc) is 2.41. The Kier molecular flexibility index (Phi) is 3.85. The number of carbonyl (C=O) groups excluding carboxylic acids is 2. The van der Waals surface area contributed by atoms with Gasteiger partial charge in [-0.1, -0.05) is 18.2 Å². The van der Waals surface area contributed by atoms with Crippen molar-refractivity contribution >= 4 is 11.9 Å². The quantitative estimate of drug-likeness (QED) is 0.689. The molecule has 1 N–H and O–H groups in total. The van der Waals surface area contributed by atoms with E-state index in [1.165, 1.54) is 14.0 Å². The van der Waals surface area contributed by atoms with E-state index in [-0.39, 0.29) is 11.9 Å². The summed E-state index contributed by atoms with van der Waals surface area (Å²) in [7, 11) is 1.33. The molecular weight excluding hydrogens is 194 g/mol. The van der Waals surface area contributed by atoms with E-state index in [9.17, 15) is 9.59 Å². The van der Waals surface area contributed by atoms with E-state index in [0.29, 0.717) is 17.7 Å². The number of methoxy groups -OCH3 is 1. The van der Waals surface area contributed by atoms with Gasteiger partial charge in [-0.25, -0.2) is 4.79 Å². The highest BCUT2D eigenvalue weighted by Crippen LogP contribution is 2.13. The molecule has 0 aromatic rings. The SMILES string of the molecule is COC(=O)C1=CC=CC=C(NC(C)=O)C1. The van der Waals surface area contributed by atoms with Gasteiger partial charge in [-0.05, 0) is 6.08 Å². The van der Waals surface area contributed by atoms with Crippen LogP contribution < -0.4 is 5.32 Å². The van der Waals surface area contributed by atoms with Crippen molar-refractivity contribution in [2.75, 3.05) is 7.11 Å². The van der Waals surface area contributed by atoms with Crippen LogP contribution in [-0.2, 0) is 14.3 Å². The number of ether oxygens (including phenoxy) is 1. The minimum atomic E-state index is -0.377. The monoisotopic (exact) mass is 207 g/mol. The Hall–Kier alpha value is -1.84. The lowest BCUT2D eigenvalue weighted by molar-refractivity contribution is -0.136. The minimum absolute atomic E-state index is 0.152. The second kappa shape index (κ2) is 5.14. The summed E-state index contributed by atoms with van der Waals surface area (Å²) in [4.78, 5) is 22.1. The van der Waals surface area contributed by atoms with E-state index in [0.717, 1.165) is 0 Å². The van der Waals surface area contributed by atoms with E-state index < -0.39 is 0 Å². The Morgan fingerprint density at radius 1 is 1.33 bits per heavy atom. The maximum Gasteiger partial charge on any atom is 0.334 e. The minimum Gasteiger partial charge on any atom is -0.466 e. The van der Waals surface area contributed by atoms with Crippen molar-refractivity contribution in [3.8, 4) is 0 Å². The smallest absolute Gasteiger partial charge is 0.334 e. The zero-order valence-corrected chi connectivity index (χ0v) is 8.74. The van der Waals surface area contributed by atoms with Gasteiger partial charge in [-0.3, -0.25) is 4.79 Å². The van der Waals surface area contributed by atoms with E-state index in [2.05, 4.69) is 10.1 Å². The number of esters is 1. The van der Waals surface area contributed by atoms with Crippen LogP contribution in [0.25, 0.3) is 0 Å². The van der Waals surface area contributed by atoms with Gasteiger partial charge >= 0.3 is 5.97 Å². The predicted molar refractivity (Wildman–Crippen MR) is 55.8 cm³/mol. The second-order valence-corrected chi connectivity index (χ2v) is 3.12. The van der Waals surface area contributed by atoms with Gasteiger partial charge in [0.25, 0.3) is 0 Å². The second-order valence-electron chi connectivity index (χ2n) is 3.12. The molecule has 0 radical (unpaired) electrons. The zero-order chi connectivity index (χ0) is 11.3. The summed E-state index contributed by atoms with van der Waals surface area (Å²) in [6, 6.07) is 0. The molecule has 1 aliphatic rings. The van der Waals surface area contributed by atoms with Gasteiger partial charge in [-0.15, -0.1) is 0 Å². The molecule has 0 saturated heterocycles. The molecule has 1 aliphatic carbocycles. The fourth-order valence-electron chi connectivity index (χ4n) is 1.25. The number of allylic oxidation sites excluding steroid dienone is 5. The Balaban J connectivity index is 2.77. The lowest BCUT2D eigenvalue weighted by Gasteiger charge is -2.08. The number of rotatable bonds is 2. The average molecular weight is 207 g/mol. The summed E-state index contributed by atoms with van der Waals surface area (Å²) >= 11 is 0. The number of nitrogens with one attached hydrogen (secondary N) is 1. The van der Waals surface area contributed by atoms with Crippen LogP contribution in [-0.4, -0.2) is 19.0 Å². The van der Waals surface area contributed by atoms with Crippen LogP contribution in [0.1, 0.15) is 13.3 Å². The highest BCUT2D eigenvalue weighted by atomic mass is 16.5. The molecule has 0 saturated carbocycles. The van der Waals surface area contributed by atoms with Gasteiger partial charge in [0.15, 0.2) is 0 Å². The molecule has 15 heavy (non-hydrogen) atoms. The first-order valence-corrected chi connectivity index (χ1v) is 4.56. The third-order valence-electron chi connectivity index (χ3n) is 1.87. The first-order chi connectivity index (χ1) is 7.13. The van der Waals surface area contributed by atoms with E-state index in [1.54, 1.807) is 24.3 Å². The van der Waals surface area contributed by atoms with Crippen LogP contribution >= 0.6 is 0 Å². The Morgan fingerprint density at radius 2 is 2.00 bits per heavy atom. The first kappa shape index (κ1) is 11.2. The fourth-order valence-corrected chi connectivity index (χ4v) is 1.25. The molecule has 0 atom stereocenters. The normalized spacial score (nSPS) is 14.8. The zero-order valence-electron chi connectivity index (χ0n) is 8.74. The number of carbonyl (C=O) groups is 2. The van der Waals surface area contributed by atoms with Crippen molar-refractivity contribution in [2.45, 2.75) is 13.3 Å². The molecular formula is C11H13NO3. The molecule has 80 valence electrons. The summed E-state index contributed by atoms with van der Waals surface area (Å²) in [6.45, 7) is 1.43. The molecule has 0 bridgehead atoms. The maximum atomic E-state index is 11.3. The van der Waals surface area contributed by atoms with Crippen molar-refractivity contribution in [1.82, 2.24) is 5.32 Å². The van der Waals surface area contributed by atoms with E-state index in [1.807, 2.05) is 0 Å². The van der Waals surface area contributed by atoms with Crippen molar-refractivity contribution in [3.05, 3.63) is 35.6 Å². The van der Waals surface area contributed by atoms with Crippen LogP contribution in [0.5, 0.6) is 0 Å². The summed E-state index contributed by atoms with van der Waals surface area (Å²) in [5, 5.41) is 2.65. The van der Waals surface area contributed by atoms with Gasteiger partial charge in [0.2, 0.25) is 5.91 Å². The van der Waals surface area contributed by atoms with Crippen LogP contribution in [0.3, 0.4) is 0 Å². The standard InChI is InChI=1S/C11H13NO3/c1-8(13)12-10-6-4-3-5-9(7-10)11(14)15-2/h3-6H,7H2,1-2H3,(H,12,13). The van der Waals surface area contributed by atoms with Gasteiger partial charge in [0, 0.05) is 24.6 Å². The molecule has 4 nitrogen and oxygen atoms in total. The van der Waals surface area contributed by atoms with Crippen molar-refractivity contribution in [1.29, 1.82) is 0 Å². The molecule has 1 rings (SSSR count). The fraction of sp³-hybridized carbons (Fsp3) is 0.273. The predicted octanol–water partition coefficient (Wildman–Crippen LogP) is 1.07. The third-order valence-corrected chi connectivity index (χ3v) is 1.87. The lowest BCUT2D eigenvalue weighted by Crippen LogP contribution is -2.20.